The van der Waals surface area contributed by atoms with Gasteiger partial charge in [0.15, 0.2) is 9.84 Å². The summed E-state index contributed by atoms with van der Waals surface area (Å²) >= 11 is 7.45. The van der Waals surface area contributed by atoms with Crippen LogP contribution in [0.1, 0.15) is 22.0 Å². The van der Waals surface area contributed by atoms with E-state index in [9.17, 15) is 8.42 Å². The van der Waals surface area contributed by atoms with E-state index in [4.69, 9.17) is 17.3 Å². The zero-order chi connectivity index (χ0) is 14.2. The molecule has 19 heavy (non-hydrogen) atoms. The smallest absolute Gasteiger partial charge is 0.175 e. The molecule has 0 aliphatic rings. The normalized spacial score (nSPS) is 13.5. The van der Waals surface area contributed by atoms with Crippen molar-refractivity contribution in [1.29, 1.82) is 0 Å². The summed E-state index contributed by atoms with van der Waals surface area (Å²) in [6.45, 7) is 1.92. The zero-order valence-electron chi connectivity index (χ0n) is 10.6. The molecule has 1 atom stereocenters. The molecule has 0 aliphatic carbocycles. The molecule has 1 unspecified atom stereocenters. The highest BCUT2D eigenvalue weighted by Crippen LogP contribution is 2.33. The Hall–Kier alpha value is -0.880. The van der Waals surface area contributed by atoms with Gasteiger partial charge < -0.3 is 5.73 Å². The van der Waals surface area contributed by atoms with Crippen molar-refractivity contribution in [1.82, 2.24) is 0 Å². The lowest BCUT2D eigenvalue weighted by Crippen LogP contribution is -2.11. The maximum atomic E-state index is 11.5. The molecule has 0 spiro atoms. The fourth-order valence-electron chi connectivity index (χ4n) is 1.74. The minimum absolute atomic E-state index is 0.278. The summed E-state index contributed by atoms with van der Waals surface area (Å²) in [5.74, 6) is 0. The molecule has 2 aromatic rings. The van der Waals surface area contributed by atoms with Crippen molar-refractivity contribution in [2.75, 3.05) is 6.26 Å². The number of aryl methyl sites for hydroxylation is 1. The van der Waals surface area contributed by atoms with Crippen LogP contribution >= 0.6 is 22.9 Å². The number of hydrogen-bond acceptors (Lipinski definition) is 4. The molecule has 0 saturated carbocycles. The van der Waals surface area contributed by atoms with Crippen LogP contribution in [0.25, 0.3) is 0 Å². The van der Waals surface area contributed by atoms with Gasteiger partial charge in [-0.3, -0.25) is 0 Å². The average Bonchev–Trinajstić information content (AvgIpc) is 2.68. The third-order valence-electron chi connectivity index (χ3n) is 2.83. The van der Waals surface area contributed by atoms with Crippen LogP contribution in [0.3, 0.4) is 0 Å². The Morgan fingerprint density at radius 1 is 1.32 bits per heavy atom. The Morgan fingerprint density at radius 2 is 2.00 bits per heavy atom. The summed E-state index contributed by atoms with van der Waals surface area (Å²) in [6, 6.07) is 8.28. The Balaban J connectivity index is 2.42. The molecule has 3 nitrogen and oxygen atoms in total. The number of sulfone groups is 1. The number of hydrogen-bond donors (Lipinski definition) is 1. The number of thiophene rings is 1. The lowest BCUT2D eigenvalue weighted by molar-refractivity contribution is 0.601. The predicted octanol–water partition coefficient (Wildman–Crippen LogP) is 3.16. The lowest BCUT2D eigenvalue weighted by atomic mass is 10.1. The van der Waals surface area contributed by atoms with Gasteiger partial charge in [-0.2, -0.15) is 0 Å². The first-order valence-corrected chi connectivity index (χ1v) is 8.69. The van der Waals surface area contributed by atoms with Gasteiger partial charge in [-0.15, -0.1) is 11.3 Å². The molecular weight excluding hydrogens is 302 g/mol. The second kappa shape index (κ2) is 5.25. The number of rotatable bonds is 3. The van der Waals surface area contributed by atoms with E-state index in [0.717, 1.165) is 16.0 Å². The largest absolute Gasteiger partial charge is 0.320 e. The van der Waals surface area contributed by atoms with E-state index in [1.54, 1.807) is 18.2 Å². The first-order valence-electron chi connectivity index (χ1n) is 5.60. The van der Waals surface area contributed by atoms with E-state index in [1.807, 2.05) is 19.1 Å². The van der Waals surface area contributed by atoms with Crippen LogP contribution < -0.4 is 5.73 Å². The molecule has 0 saturated heterocycles. The van der Waals surface area contributed by atoms with Crippen LogP contribution in [-0.2, 0) is 9.84 Å². The number of nitrogens with two attached hydrogens (primary N) is 1. The quantitative estimate of drug-likeness (QED) is 0.946. The fourth-order valence-corrected chi connectivity index (χ4v) is 3.66. The van der Waals surface area contributed by atoms with Gasteiger partial charge in [0.2, 0.25) is 0 Å². The van der Waals surface area contributed by atoms with Crippen LogP contribution in [0, 0.1) is 6.92 Å². The summed E-state index contributed by atoms with van der Waals surface area (Å²) in [5.41, 5.74) is 7.92. The van der Waals surface area contributed by atoms with E-state index < -0.39 is 9.84 Å². The van der Waals surface area contributed by atoms with Crippen LogP contribution in [0.4, 0.5) is 0 Å². The van der Waals surface area contributed by atoms with Crippen molar-refractivity contribution in [3.8, 4) is 0 Å². The number of benzene rings is 1. The van der Waals surface area contributed by atoms with Crippen molar-refractivity contribution in [2.24, 2.45) is 5.73 Å². The summed E-state index contributed by atoms with van der Waals surface area (Å²) in [5, 5.41) is 0. The first kappa shape index (κ1) is 14.5. The van der Waals surface area contributed by atoms with Crippen LogP contribution in [0.2, 0.25) is 4.34 Å². The van der Waals surface area contributed by atoms with Crippen molar-refractivity contribution in [3.05, 3.63) is 50.7 Å². The highest BCUT2D eigenvalue weighted by molar-refractivity contribution is 7.90. The van der Waals surface area contributed by atoms with Gasteiger partial charge in [-0.05, 0) is 36.2 Å². The van der Waals surface area contributed by atoms with E-state index in [2.05, 4.69) is 0 Å². The van der Waals surface area contributed by atoms with E-state index in [1.165, 1.54) is 17.6 Å². The lowest BCUT2D eigenvalue weighted by Gasteiger charge is -2.11. The van der Waals surface area contributed by atoms with Crippen molar-refractivity contribution >= 4 is 32.8 Å². The van der Waals surface area contributed by atoms with Crippen molar-refractivity contribution < 1.29 is 8.42 Å². The molecule has 0 bridgehead atoms. The zero-order valence-corrected chi connectivity index (χ0v) is 12.9. The standard InChI is InChI=1S/C13H14ClNO2S2/c1-8-6-11(18-13(8)14)12(15)9-4-3-5-10(7-9)19(2,16)17/h3-7,12H,15H2,1-2H3. The molecule has 0 amide bonds. The maximum Gasteiger partial charge on any atom is 0.175 e. The van der Waals surface area contributed by atoms with E-state index >= 15 is 0 Å². The van der Waals surface area contributed by atoms with Gasteiger partial charge in [0.25, 0.3) is 0 Å². The van der Waals surface area contributed by atoms with E-state index in [0.29, 0.717) is 4.34 Å². The summed E-state index contributed by atoms with van der Waals surface area (Å²) in [6.07, 6.45) is 1.18. The molecule has 0 aliphatic heterocycles. The minimum Gasteiger partial charge on any atom is -0.320 e. The van der Waals surface area contributed by atoms with Crippen molar-refractivity contribution in [3.63, 3.8) is 0 Å². The van der Waals surface area contributed by atoms with Gasteiger partial charge in [0.1, 0.15) is 0 Å². The van der Waals surface area contributed by atoms with E-state index in [-0.39, 0.29) is 10.9 Å². The second-order valence-electron chi connectivity index (χ2n) is 4.43. The summed E-state index contributed by atoms with van der Waals surface area (Å²) < 4.78 is 23.8. The van der Waals surface area contributed by atoms with Crippen LogP contribution in [0.5, 0.6) is 0 Å². The molecule has 2 N–H and O–H groups in total. The molecule has 0 fully saturated rings. The number of halogens is 1. The third-order valence-corrected chi connectivity index (χ3v) is 5.58. The molecular formula is C13H14ClNO2S2. The van der Waals surface area contributed by atoms with Crippen LogP contribution in [0.15, 0.2) is 35.2 Å². The average molecular weight is 316 g/mol. The molecule has 2 rings (SSSR count). The second-order valence-corrected chi connectivity index (χ2v) is 8.13. The Kier molecular flexibility index (Phi) is 4.01. The van der Waals surface area contributed by atoms with Gasteiger partial charge in [0, 0.05) is 11.1 Å². The minimum atomic E-state index is -3.22. The molecule has 6 heteroatoms. The topological polar surface area (TPSA) is 60.2 Å². The molecule has 0 radical (unpaired) electrons. The highest BCUT2D eigenvalue weighted by Gasteiger charge is 2.15. The van der Waals surface area contributed by atoms with Crippen LogP contribution in [-0.4, -0.2) is 14.7 Å². The predicted molar refractivity (Wildman–Crippen MR) is 79.6 cm³/mol. The van der Waals surface area contributed by atoms with Gasteiger partial charge >= 0.3 is 0 Å². The highest BCUT2D eigenvalue weighted by atomic mass is 35.5. The third kappa shape index (κ3) is 3.17. The molecule has 1 aromatic carbocycles. The molecule has 102 valence electrons. The Morgan fingerprint density at radius 3 is 2.53 bits per heavy atom. The Bertz CT molecular complexity index is 688. The summed E-state index contributed by atoms with van der Waals surface area (Å²) in [4.78, 5) is 1.20. The molecule has 1 aromatic heterocycles. The van der Waals surface area contributed by atoms with Gasteiger partial charge in [-0.25, -0.2) is 8.42 Å². The van der Waals surface area contributed by atoms with Gasteiger partial charge in [0.05, 0.1) is 15.3 Å². The van der Waals surface area contributed by atoms with Gasteiger partial charge in [-0.1, -0.05) is 23.7 Å². The molecule has 1 heterocycles. The fraction of sp³-hybridized carbons (Fsp3) is 0.231. The monoisotopic (exact) mass is 315 g/mol. The SMILES string of the molecule is Cc1cc(C(N)c2cccc(S(C)(=O)=O)c2)sc1Cl. The Labute approximate surface area is 121 Å². The summed E-state index contributed by atoms with van der Waals surface area (Å²) in [7, 11) is -3.22. The first-order chi connectivity index (χ1) is 8.79. The maximum absolute atomic E-state index is 11.5. The van der Waals surface area contributed by atoms with Crippen molar-refractivity contribution in [2.45, 2.75) is 17.9 Å².